The van der Waals surface area contributed by atoms with E-state index in [1.54, 1.807) is 18.2 Å². The van der Waals surface area contributed by atoms with Crippen LogP contribution in [0, 0.1) is 10.1 Å². The minimum atomic E-state index is -0.395. The van der Waals surface area contributed by atoms with E-state index in [9.17, 15) is 10.1 Å². The second-order valence-corrected chi connectivity index (χ2v) is 3.76. The molecule has 1 aromatic carbocycles. The number of nitro benzene ring substituents is 1. The summed E-state index contributed by atoms with van der Waals surface area (Å²) in [6.07, 6.45) is 7.30. The Morgan fingerprint density at radius 1 is 1.44 bits per heavy atom. The lowest BCUT2D eigenvalue weighted by molar-refractivity contribution is -0.384. The Kier molecular flexibility index (Phi) is 4.87. The van der Waals surface area contributed by atoms with Gasteiger partial charge in [-0.25, -0.2) is 0 Å². The molecule has 94 valence electrons. The van der Waals surface area contributed by atoms with Gasteiger partial charge in [0.25, 0.3) is 5.69 Å². The van der Waals surface area contributed by atoms with Gasteiger partial charge in [-0.05, 0) is 19.1 Å². The summed E-state index contributed by atoms with van der Waals surface area (Å²) < 4.78 is 0. The number of anilines is 1. The van der Waals surface area contributed by atoms with Crippen LogP contribution in [0.1, 0.15) is 6.92 Å². The van der Waals surface area contributed by atoms with Crippen LogP contribution in [0.25, 0.3) is 0 Å². The summed E-state index contributed by atoms with van der Waals surface area (Å²) in [5.74, 6) is 0. The fraction of sp³-hybridized carbons (Fsp3) is 0.143. The molecule has 0 spiro atoms. The van der Waals surface area contributed by atoms with Crippen LogP contribution in [-0.4, -0.2) is 12.0 Å². The highest BCUT2D eigenvalue weighted by Gasteiger charge is 2.08. The van der Waals surface area contributed by atoms with Crippen molar-refractivity contribution >= 4 is 11.4 Å². The Hall–Kier alpha value is -2.36. The smallest absolute Gasteiger partial charge is 0.271 e. The first kappa shape index (κ1) is 13.7. The first-order valence-corrected chi connectivity index (χ1v) is 5.50. The summed E-state index contributed by atoms with van der Waals surface area (Å²) in [4.78, 5) is 12.2. The molecular weight excluding hydrogens is 228 g/mol. The number of non-ortho nitro benzene ring substituents is 1. The molecule has 0 N–H and O–H groups in total. The van der Waals surface area contributed by atoms with E-state index in [0.29, 0.717) is 0 Å². The zero-order valence-corrected chi connectivity index (χ0v) is 10.5. The molecule has 0 heterocycles. The van der Waals surface area contributed by atoms with Crippen molar-refractivity contribution in [3.8, 4) is 0 Å². The molecule has 4 heteroatoms. The summed E-state index contributed by atoms with van der Waals surface area (Å²) in [5, 5.41) is 10.7. The maximum atomic E-state index is 10.7. The molecular formula is C14H16N2O2. The summed E-state index contributed by atoms with van der Waals surface area (Å²) in [6, 6.07) is 6.54. The molecule has 18 heavy (non-hydrogen) atoms. The third-order valence-electron chi connectivity index (χ3n) is 2.54. The van der Waals surface area contributed by atoms with Crippen molar-refractivity contribution in [3.05, 3.63) is 71.0 Å². The fourth-order valence-electron chi connectivity index (χ4n) is 1.40. The summed E-state index contributed by atoms with van der Waals surface area (Å²) >= 11 is 0. The maximum absolute atomic E-state index is 10.7. The first-order chi connectivity index (χ1) is 8.56. The molecule has 1 aromatic rings. The van der Waals surface area contributed by atoms with E-state index >= 15 is 0 Å². The van der Waals surface area contributed by atoms with Crippen LogP contribution < -0.4 is 4.90 Å². The number of allylic oxidation sites excluding steroid dienone is 5. The van der Waals surface area contributed by atoms with E-state index in [4.69, 9.17) is 0 Å². The van der Waals surface area contributed by atoms with Gasteiger partial charge in [-0.15, -0.1) is 0 Å². The largest absolute Gasteiger partial charge is 0.348 e. The lowest BCUT2D eigenvalue weighted by Gasteiger charge is -2.19. The zero-order valence-electron chi connectivity index (χ0n) is 10.5. The molecule has 0 saturated heterocycles. The summed E-state index contributed by atoms with van der Waals surface area (Å²) in [6.45, 7) is 5.52. The fourth-order valence-corrected chi connectivity index (χ4v) is 1.40. The van der Waals surface area contributed by atoms with E-state index in [0.717, 1.165) is 11.4 Å². The molecule has 0 saturated carbocycles. The van der Waals surface area contributed by atoms with Crippen LogP contribution >= 0.6 is 0 Å². The molecule has 0 aliphatic rings. The van der Waals surface area contributed by atoms with Crippen LogP contribution in [0.15, 0.2) is 60.8 Å². The number of hydrogen-bond donors (Lipinski definition) is 0. The highest BCUT2D eigenvalue weighted by atomic mass is 16.6. The third-order valence-corrected chi connectivity index (χ3v) is 2.54. The van der Waals surface area contributed by atoms with Gasteiger partial charge in [0, 0.05) is 30.6 Å². The Labute approximate surface area is 107 Å². The van der Waals surface area contributed by atoms with Crippen LogP contribution in [0.2, 0.25) is 0 Å². The summed E-state index contributed by atoms with van der Waals surface area (Å²) in [7, 11) is 1.87. The summed E-state index contributed by atoms with van der Waals surface area (Å²) in [5.41, 5.74) is 1.85. The van der Waals surface area contributed by atoms with Gasteiger partial charge in [-0.2, -0.15) is 0 Å². The first-order valence-electron chi connectivity index (χ1n) is 5.50. The number of nitrogens with zero attached hydrogens (tertiary/aromatic N) is 2. The predicted molar refractivity (Wildman–Crippen MR) is 74.6 cm³/mol. The van der Waals surface area contributed by atoms with Gasteiger partial charge in [0.1, 0.15) is 0 Å². The lowest BCUT2D eigenvalue weighted by Crippen LogP contribution is -2.14. The number of rotatable bonds is 5. The van der Waals surface area contributed by atoms with Gasteiger partial charge in [-0.1, -0.05) is 30.9 Å². The standard InChI is InChI=1S/C14H16N2O2/c1-4-5-6-8-12(2)15(3)13-9-7-10-14(11-13)16(17)18/h4-11H,1H2,2-3H3/b6-5-,12-8+. The molecule has 0 aromatic heterocycles. The average molecular weight is 244 g/mol. The average Bonchev–Trinajstić information content (AvgIpc) is 2.38. The van der Waals surface area contributed by atoms with E-state index in [-0.39, 0.29) is 5.69 Å². The molecule has 0 radical (unpaired) electrons. The lowest BCUT2D eigenvalue weighted by atomic mass is 10.2. The molecule has 1 rings (SSSR count). The second-order valence-electron chi connectivity index (χ2n) is 3.76. The molecule has 4 nitrogen and oxygen atoms in total. The third kappa shape index (κ3) is 3.59. The molecule has 0 aliphatic heterocycles. The van der Waals surface area contributed by atoms with Crippen LogP contribution in [0.4, 0.5) is 11.4 Å². The normalized spacial score (nSPS) is 11.6. The molecule has 0 unspecified atom stereocenters. The van der Waals surface area contributed by atoms with Crippen LogP contribution in [0.5, 0.6) is 0 Å². The van der Waals surface area contributed by atoms with Crippen molar-refractivity contribution in [1.29, 1.82) is 0 Å². The molecule has 0 bridgehead atoms. The van der Waals surface area contributed by atoms with Gasteiger partial charge in [0.2, 0.25) is 0 Å². The highest BCUT2D eigenvalue weighted by molar-refractivity contribution is 5.56. The Balaban J connectivity index is 2.96. The van der Waals surface area contributed by atoms with Crippen molar-refractivity contribution in [2.45, 2.75) is 6.92 Å². The molecule has 0 fully saturated rings. The molecule has 0 atom stereocenters. The Morgan fingerprint density at radius 3 is 2.78 bits per heavy atom. The van der Waals surface area contributed by atoms with Crippen molar-refractivity contribution < 1.29 is 4.92 Å². The SMILES string of the molecule is C=C/C=C\C=C(/C)N(C)c1cccc([N+](=O)[O-])c1. The Bertz CT molecular complexity index is 504. The maximum Gasteiger partial charge on any atom is 0.271 e. The number of nitro groups is 1. The minimum absolute atomic E-state index is 0.0915. The van der Waals surface area contributed by atoms with Gasteiger partial charge in [-0.3, -0.25) is 10.1 Å². The predicted octanol–water partition coefficient (Wildman–Crippen LogP) is 3.68. The topological polar surface area (TPSA) is 46.4 Å². The highest BCUT2D eigenvalue weighted by Crippen LogP contribution is 2.22. The van der Waals surface area contributed by atoms with Crippen molar-refractivity contribution in [2.75, 3.05) is 11.9 Å². The van der Waals surface area contributed by atoms with E-state index in [2.05, 4.69) is 6.58 Å². The van der Waals surface area contributed by atoms with Crippen molar-refractivity contribution in [2.24, 2.45) is 0 Å². The number of hydrogen-bond acceptors (Lipinski definition) is 3. The Morgan fingerprint density at radius 2 is 2.17 bits per heavy atom. The minimum Gasteiger partial charge on any atom is -0.348 e. The van der Waals surface area contributed by atoms with E-state index < -0.39 is 4.92 Å². The zero-order chi connectivity index (χ0) is 13.5. The second kappa shape index (κ2) is 6.39. The van der Waals surface area contributed by atoms with E-state index in [1.807, 2.05) is 43.2 Å². The molecule has 0 amide bonds. The van der Waals surface area contributed by atoms with Gasteiger partial charge in [0.05, 0.1) is 4.92 Å². The van der Waals surface area contributed by atoms with Crippen molar-refractivity contribution in [1.82, 2.24) is 0 Å². The number of benzene rings is 1. The van der Waals surface area contributed by atoms with Crippen LogP contribution in [-0.2, 0) is 0 Å². The van der Waals surface area contributed by atoms with Gasteiger partial charge < -0.3 is 4.90 Å². The quantitative estimate of drug-likeness (QED) is 0.451. The molecule has 0 aliphatic carbocycles. The van der Waals surface area contributed by atoms with Crippen molar-refractivity contribution in [3.63, 3.8) is 0 Å². The van der Waals surface area contributed by atoms with Gasteiger partial charge >= 0.3 is 0 Å². The monoisotopic (exact) mass is 244 g/mol. The van der Waals surface area contributed by atoms with Gasteiger partial charge in [0.15, 0.2) is 0 Å². The van der Waals surface area contributed by atoms with E-state index in [1.165, 1.54) is 6.07 Å². The van der Waals surface area contributed by atoms with Crippen LogP contribution in [0.3, 0.4) is 0 Å².